The van der Waals surface area contributed by atoms with E-state index in [0.717, 1.165) is 24.1 Å². The number of carbonyl (C=O) groups excluding carboxylic acids is 1. The first kappa shape index (κ1) is 20.4. The maximum absolute atomic E-state index is 12.5. The smallest absolute Gasteiger partial charge is 0.231 e. The van der Waals surface area contributed by atoms with Gasteiger partial charge in [-0.05, 0) is 62.1 Å². The van der Waals surface area contributed by atoms with E-state index in [2.05, 4.69) is 26.6 Å². The predicted octanol–water partition coefficient (Wildman–Crippen LogP) is 3.88. The number of rotatable bonds is 7. The fourth-order valence-corrected chi connectivity index (χ4v) is 4.09. The first-order valence-electron chi connectivity index (χ1n) is 9.47. The number of thioether (sulfide) groups is 1. The summed E-state index contributed by atoms with van der Waals surface area (Å²) < 4.78 is 1.88. The number of hydrogen-bond acceptors (Lipinski definition) is 6. The van der Waals surface area contributed by atoms with Gasteiger partial charge in [0.2, 0.25) is 5.91 Å². The van der Waals surface area contributed by atoms with E-state index >= 15 is 0 Å². The van der Waals surface area contributed by atoms with Crippen LogP contribution in [-0.2, 0) is 4.79 Å². The summed E-state index contributed by atoms with van der Waals surface area (Å²) in [5.74, 6) is 0.800. The van der Waals surface area contributed by atoms with Gasteiger partial charge in [-0.15, -0.1) is 10.2 Å². The number of benzene rings is 1. The van der Waals surface area contributed by atoms with Gasteiger partial charge >= 0.3 is 0 Å². The highest BCUT2D eigenvalue weighted by Gasteiger charge is 2.43. The number of hydrogen-bond donors (Lipinski definition) is 1. The molecule has 1 amide bonds. The molecule has 1 unspecified atom stereocenters. The molecule has 0 aliphatic heterocycles. The van der Waals surface area contributed by atoms with Gasteiger partial charge in [-0.25, -0.2) is 0 Å². The average Bonchev–Trinajstić information content (AvgIpc) is 3.54. The Kier molecular flexibility index (Phi) is 5.75. The number of nitrogens with zero attached hydrogens (tertiary/aromatic N) is 5. The van der Waals surface area contributed by atoms with E-state index in [4.69, 9.17) is 11.6 Å². The lowest BCUT2D eigenvalue weighted by Gasteiger charge is -2.22. The molecule has 4 rings (SSSR count). The first-order chi connectivity index (χ1) is 14.5. The highest BCUT2D eigenvalue weighted by atomic mass is 35.5. The average molecular weight is 439 g/mol. The van der Waals surface area contributed by atoms with Gasteiger partial charge in [0.25, 0.3) is 0 Å². The maximum Gasteiger partial charge on any atom is 0.231 e. The Bertz CT molecular complexity index is 1090. The fraction of sp³-hybridized carbons (Fsp3) is 0.286. The third-order valence-corrected chi connectivity index (χ3v) is 6.20. The normalized spacial score (nSPS) is 15.2. The van der Waals surface area contributed by atoms with Crippen molar-refractivity contribution in [3.8, 4) is 23.1 Å². The van der Waals surface area contributed by atoms with Crippen LogP contribution in [0.25, 0.3) is 17.1 Å². The molecule has 2 aromatic heterocycles. The molecule has 7 nitrogen and oxygen atoms in total. The van der Waals surface area contributed by atoms with E-state index in [0.29, 0.717) is 16.0 Å². The van der Waals surface area contributed by atoms with E-state index in [-0.39, 0.29) is 17.6 Å². The van der Waals surface area contributed by atoms with Gasteiger partial charge in [-0.1, -0.05) is 23.4 Å². The molecular formula is C21H19ClN6OS. The molecule has 1 atom stereocenters. The summed E-state index contributed by atoms with van der Waals surface area (Å²) >= 11 is 7.32. The SMILES string of the molecule is CC(C#N)(NC(=O)CSc1nnc(-c2ccncc2)n1-c1ccc(Cl)cc1)C1CC1. The molecule has 0 radical (unpaired) electrons. The molecule has 2 heterocycles. The summed E-state index contributed by atoms with van der Waals surface area (Å²) in [5.41, 5.74) is 0.873. The number of amides is 1. The van der Waals surface area contributed by atoms with Crippen molar-refractivity contribution in [2.24, 2.45) is 5.92 Å². The van der Waals surface area contributed by atoms with Gasteiger partial charge < -0.3 is 5.32 Å². The molecule has 0 bridgehead atoms. The molecule has 152 valence electrons. The topological polar surface area (TPSA) is 96.5 Å². The summed E-state index contributed by atoms with van der Waals surface area (Å²) in [6.45, 7) is 1.78. The van der Waals surface area contributed by atoms with Crippen molar-refractivity contribution in [1.29, 1.82) is 5.26 Å². The number of nitriles is 1. The van der Waals surface area contributed by atoms with Crippen LogP contribution in [0.5, 0.6) is 0 Å². The van der Waals surface area contributed by atoms with Crippen LogP contribution in [0.3, 0.4) is 0 Å². The van der Waals surface area contributed by atoms with Gasteiger partial charge in [0.15, 0.2) is 11.0 Å². The first-order valence-corrected chi connectivity index (χ1v) is 10.8. The standard InChI is InChI=1S/C21H19ClN6OS/c1-21(13-23,15-2-3-15)25-18(29)12-30-20-27-26-19(14-8-10-24-11-9-14)28(20)17-6-4-16(22)5-7-17/h4-11,15H,2-3,12H2,1H3,(H,25,29). The lowest BCUT2D eigenvalue weighted by atomic mass is 9.98. The van der Waals surface area contributed by atoms with Gasteiger partial charge in [0.05, 0.1) is 11.8 Å². The molecule has 1 aromatic carbocycles. The number of carbonyl (C=O) groups is 1. The number of pyridine rings is 1. The molecule has 1 aliphatic carbocycles. The zero-order valence-corrected chi connectivity index (χ0v) is 17.8. The quantitative estimate of drug-likeness (QED) is 0.562. The van der Waals surface area contributed by atoms with Gasteiger partial charge in [0.1, 0.15) is 5.54 Å². The Balaban J connectivity index is 1.59. The molecule has 0 spiro atoms. The van der Waals surface area contributed by atoms with Crippen molar-refractivity contribution < 1.29 is 4.79 Å². The minimum Gasteiger partial charge on any atom is -0.337 e. The molecule has 9 heteroatoms. The second-order valence-electron chi connectivity index (χ2n) is 7.28. The van der Waals surface area contributed by atoms with Crippen molar-refractivity contribution >= 4 is 29.3 Å². The summed E-state index contributed by atoms with van der Waals surface area (Å²) in [7, 11) is 0. The summed E-state index contributed by atoms with van der Waals surface area (Å²) in [6.07, 6.45) is 5.32. The van der Waals surface area contributed by atoms with Crippen LogP contribution in [0.2, 0.25) is 5.02 Å². The van der Waals surface area contributed by atoms with Crippen molar-refractivity contribution in [3.05, 3.63) is 53.8 Å². The minimum atomic E-state index is -0.816. The van der Waals surface area contributed by atoms with Gasteiger partial charge in [-0.3, -0.25) is 14.3 Å². The van der Waals surface area contributed by atoms with Gasteiger partial charge in [0, 0.05) is 28.7 Å². The molecule has 1 saturated carbocycles. The molecule has 3 aromatic rings. The van der Waals surface area contributed by atoms with E-state index < -0.39 is 5.54 Å². The summed E-state index contributed by atoms with van der Waals surface area (Å²) in [5, 5.41) is 22.2. The Hall–Kier alpha value is -2.89. The summed E-state index contributed by atoms with van der Waals surface area (Å²) in [4.78, 5) is 16.6. The summed E-state index contributed by atoms with van der Waals surface area (Å²) in [6, 6.07) is 13.3. The van der Waals surface area contributed by atoms with Gasteiger partial charge in [-0.2, -0.15) is 5.26 Å². The van der Waals surface area contributed by atoms with Crippen molar-refractivity contribution in [1.82, 2.24) is 25.1 Å². The van der Waals surface area contributed by atoms with E-state index in [9.17, 15) is 10.1 Å². The Labute approximate surface area is 183 Å². The van der Waals surface area contributed by atoms with Crippen LogP contribution < -0.4 is 5.32 Å². The molecule has 1 N–H and O–H groups in total. The monoisotopic (exact) mass is 438 g/mol. The third-order valence-electron chi connectivity index (χ3n) is 5.01. The Morgan fingerprint density at radius 3 is 2.60 bits per heavy atom. The Morgan fingerprint density at radius 2 is 1.97 bits per heavy atom. The molecule has 0 saturated heterocycles. The fourth-order valence-electron chi connectivity index (χ4n) is 3.21. The lowest BCUT2D eigenvalue weighted by molar-refractivity contribution is -0.119. The highest BCUT2D eigenvalue weighted by Crippen LogP contribution is 2.39. The van der Waals surface area contributed by atoms with Crippen LogP contribution in [0.15, 0.2) is 53.9 Å². The minimum absolute atomic E-state index is 0.131. The molecular weight excluding hydrogens is 420 g/mol. The second-order valence-corrected chi connectivity index (χ2v) is 8.66. The Morgan fingerprint density at radius 1 is 1.27 bits per heavy atom. The zero-order chi connectivity index (χ0) is 21.1. The molecule has 30 heavy (non-hydrogen) atoms. The van der Waals surface area contributed by atoms with Crippen molar-refractivity contribution in [2.45, 2.75) is 30.5 Å². The van der Waals surface area contributed by atoms with Crippen LogP contribution >= 0.6 is 23.4 Å². The largest absolute Gasteiger partial charge is 0.337 e. The zero-order valence-electron chi connectivity index (χ0n) is 16.2. The predicted molar refractivity (Wildman–Crippen MR) is 115 cm³/mol. The number of aromatic nitrogens is 4. The van der Waals surface area contributed by atoms with Crippen LogP contribution in [0, 0.1) is 17.2 Å². The highest BCUT2D eigenvalue weighted by molar-refractivity contribution is 7.99. The maximum atomic E-state index is 12.5. The van der Waals surface area contributed by atoms with E-state index in [1.165, 1.54) is 11.8 Å². The van der Waals surface area contributed by atoms with Crippen LogP contribution in [-0.4, -0.2) is 36.9 Å². The number of nitrogens with one attached hydrogen (secondary N) is 1. The third kappa shape index (κ3) is 4.32. The molecule has 1 aliphatic rings. The molecule has 1 fully saturated rings. The van der Waals surface area contributed by atoms with Crippen molar-refractivity contribution in [2.75, 3.05) is 5.75 Å². The second kappa shape index (κ2) is 8.46. The number of halogens is 1. The van der Waals surface area contributed by atoms with E-state index in [1.54, 1.807) is 31.5 Å². The lowest BCUT2D eigenvalue weighted by Crippen LogP contribution is -2.47. The van der Waals surface area contributed by atoms with Crippen LogP contribution in [0.4, 0.5) is 0 Å². The van der Waals surface area contributed by atoms with Crippen molar-refractivity contribution in [3.63, 3.8) is 0 Å². The van der Waals surface area contributed by atoms with E-state index in [1.807, 2.05) is 28.8 Å². The van der Waals surface area contributed by atoms with Crippen LogP contribution in [0.1, 0.15) is 19.8 Å².